The van der Waals surface area contributed by atoms with Crippen LogP contribution in [0, 0.1) is 13.8 Å². The smallest absolute Gasteiger partial charge is 0.341 e. The Balaban J connectivity index is 1.49. The molecule has 0 fully saturated rings. The molecule has 2 heterocycles. The van der Waals surface area contributed by atoms with E-state index in [0.29, 0.717) is 32.7 Å². The number of nitrogens with zero attached hydrogens (tertiary/aromatic N) is 1. The SMILES string of the molecule is COC(=O)c1c(NC(=O)[C@@H]2SC(=Nc3ccc(C)cc3C)C(C(=O)Nc3cccc(OC)c3)=C2N)sc2c1CCC2. The number of nitrogens with two attached hydrogens (primary N) is 1. The molecular weight excluding hydrogens is 560 g/mol. The number of thioether (sulfide) groups is 1. The minimum absolute atomic E-state index is 0.0835. The van der Waals surface area contributed by atoms with Crippen LogP contribution in [0.2, 0.25) is 0 Å². The largest absolute Gasteiger partial charge is 0.497 e. The number of nitrogens with one attached hydrogen (secondary N) is 2. The van der Waals surface area contributed by atoms with Gasteiger partial charge in [-0.1, -0.05) is 35.5 Å². The molecule has 3 aromatic rings. The van der Waals surface area contributed by atoms with Crippen molar-refractivity contribution < 1.29 is 23.9 Å². The number of benzene rings is 2. The maximum absolute atomic E-state index is 13.6. The van der Waals surface area contributed by atoms with Gasteiger partial charge in [0, 0.05) is 22.3 Å². The van der Waals surface area contributed by atoms with Crippen LogP contribution in [-0.4, -0.2) is 42.3 Å². The molecule has 0 unspecified atom stereocenters. The Labute approximate surface area is 246 Å². The maximum Gasteiger partial charge on any atom is 0.341 e. The average molecular weight is 591 g/mol. The lowest BCUT2D eigenvalue weighted by Gasteiger charge is -2.12. The van der Waals surface area contributed by atoms with Crippen LogP contribution < -0.4 is 21.1 Å². The summed E-state index contributed by atoms with van der Waals surface area (Å²) in [5.41, 5.74) is 11.2. The molecule has 212 valence electrons. The number of esters is 1. The fraction of sp³-hybridized carbons (Fsp3) is 0.267. The van der Waals surface area contributed by atoms with Gasteiger partial charge in [-0.15, -0.1) is 11.3 Å². The van der Waals surface area contributed by atoms with Crippen LogP contribution >= 0.6 is 23.1 Å². The second kappa shape index (κ2) is 11.8. The Morgan fingerprint density at radius 2 is 1.85 bits per heavy atom. The standard InChI is InChI=1S/C30H30N4O5S2/c1-15-11-12-20(16(2)13-15)33-29-23(26(35)32-17-7-5-8-18(14-17)38-3)24(31)25(41-29)27(36)34-28-22(30(37)39-4)19-9-6-10-21(19)40-28/h5,7-8,11-14,25H,6,9-10,31H2,1-4H3,(H,32,35)(H,34,36)/t25-/m1/s1. The van der Waals surface area contributed by atoms with E-state index in [9.17, 15) is 14.4 Å². The van der Waals surface area contributed by atoms with Gasteiger partial charge >= 0.3 is 5.97 Å². The lowest BCUT2D eigenvalue weighted by Crippen LogP contribution is -2.29. The number of fused-ring (bicyclic) bond motifs is 1. The van der Waals surface area contributed by atoms with Crippen molar-refractivity contribution in [2.24, 2.45) is 10.7 Å². The van der Waals surface area contributed by atoms with E-state index in [1.54, 1.807) is 31.4 Å². The summed E-state index contributed by atoms with van der Waals surface area (Å²) in [7, 11) is 2.87. The van der Waals surface area contributed by atoms with Crippen molar-refractivity contribution in [3.05, 3.63) is 80.9 Å². The lowest BCUT2D eigenvalue weighted by atomic mass is 10.1. The molecule has 0 spiro atoms. The van der Waals surface area contributed by atoms with Crippen LogP contribution in [0.25, 0.3) is 0 Å². The molecule has 2 amide bonds. The molecule has 2 aliphatic rings. The van der Waals surface area contributed by atoms with Gasteiger partial charge in [-0.3, -0.25) is 9.59 Å². The minimum Gasteiger partial charge on any atom is -0.497 e. The van der Waals surface area contributed by atoms with E-state index >= 15 is 0 Å². The third-order valence-corrected chi connectivity index (χ3v) is 9.36. The Morgan fingerprint density at radius 1 is 1.05 bits per heavy atom. The third kappa shape index (κ3) is 5.73. The molecule has 1 aromatic heterocycles. The van der Waals surface area contributed by atoms with E-state index in [2.05, 4.69) is 10.6 Å². The van der Waals surface area contributed by atoms with Crippen molar-refractivity contribution in [1.29, 1.82) is 0 Å². The van der Waals surface area contributed by atoms with Gasteiger partial charge in [0.25, 0.3) is 5.91 Å². The maximum atomic E-state index is 13.6. The number of carbonyl (C=O) groups excluding carboxylic acids is 3. The summed E-state index contributed by atoms with van der Waals surface area (Å²) < 4.78 is 10.3. The molecule has 1 aliphatic carbocycles. The van der Waals surface area contributed by atoms with Crippen molar-refractivity contribution >= 4 is 62.3 Å². The van der Waals surface area contributed by atoms with Gasteiger partial charge in [0.1, 0.15) is 21.0 Å². The van der Waals surface area contributed by atoms with E-state index in [-0.39, 0.29) is 11.3 Å². The second-order valence-corrected chi connectivity index (χ2v) is 12.0. The van der Waals surface area contributed by atoms with Gasteiger partial charge < -0.3 is 25.8 Å². The number of carbonyl (C=O) groups is 3. The highest BCUT2D eigenvalue weighted by Crippen LogP contribution is 2.41. The molecule has 9 nitrogen and oxygen atoms in total. The van der Waals surface area contributed by atoms with E-state index < -0.39 is 23.0 Å². The summed E-state index contributed by atoms with van der Waals surface area (Å²) in [4.78, 5) is 45.7. The van der Waals surface area contributed by atoms with Crippen molar-refractivity contribution in [2.75, 3.05) is 24.9 Å². The summed E-state index contributed by atoms with van der Waals surface area (Å²) in [6.07, 6.45) is 2.56. The van der Waals surface area contributed by atoms with Gasteiger partial charge in [-0.05, 0) is 62.4 Å². The predicted octanol–water partition coefficient (Wildman–Crippen LogP) is 5.28. The fourth-order valence-corrected chi connectivity index (χ4v) is 7.31. The summed E-state index contributed by atoms with van der Waals surface area (Å²) in [5, 5.41) is 5.57. The predicted molar refractivity (Wildman–Crippen MR) is 164 cm³/mol. The normalized spacial score (nSPS) is 17.0. The number of hydrogen-bond acceptors (Lipinski definition) is 9. The molecule has 0 bridgehead atoms. The second-order valence-electron chi connectivity index (χ2n) is 9.76. The Kier molecular flexibility index (Phi) is 8.18. The number of methoxy groups -OCH3 is 2. The number of thiophene rings is 1. The number of aryl methyl sites for hydroxylation is 3. The van der Waals surface area contributed by atoms with Crippen LogP contribution in [0.5, 0.6) is 5.75 Å². The van der Waals surface area contributed by atoms with E-state index in [1.165, 1.54) is 18.4 Å². The highest BCUT2D eigenvalue weighted by atomic mass is 32.2. The lowest BCUT2D eigenvalue weighted by molar-refractivity contribution is -0.115. The number of aliphatic imine (C=N–C) groups is 1. The van der Waals surface area contributed by atoms with Crippen molar-refractivity contribution in [2.45, 2.75) is 38.4 Å². The number of ether oxygens (including phenoxy) is 2. The molecule has 41 heavy (non-hydrogen) atoms. The Bertz CT molecular complexity index is 1620. The number of rotatable bonds is 7. The van der Waals surface area contributed by atoms with Crippen LogP contribution in [0.4, 0.5) is 16.4 Å². The molecule has 11 heteroatoms. The first-order chi connectivity index (χ1) is 19.7. The molecule has 0 saturated heterocycles. The molecule has 1 atom stereocenters. The quantitative estimate of drug-likeness (QED) is 0.319. The highest BCUT2D eigenvalue weighted by molar-refractivity contribution is 8.16. The summed E-state index contributed by atoms with van der Waals surface area (Å²) in [6.45, 7) is 3.92. The summed E-state index contributed by atoms with van der Waals surface area (Å²) in [6, 6.07) is 12.7. The van der Waals surface area contributed by atoms with Crippen LogP contribution in [-0.2, 0) is 27.2 Å². The number of amides is 2. The zero-order chi connectivity index (χ0) is 29.3. The molecule has 5 rings (SSSR count). The van der Waals surface area contributed by atoms with E-state index in [4.69, 9.17) is 20.2 Å². The molecular formula is C30H30N4O5S2. The van der Waals surface area contributed by atoms with Gasteiger partial charge in [0.05, 0.1) is 31.0 Å². The van der Waals surface area contributed by atoms with Crippen molar-refractivity contribution in [3.63, 3.8) is 0 Å². The molecule has 4 N–H and O–H groups in total. The minimum atomic E-state index is -0.937. The number of anilines is 2. The fourth-order valence-electron chi connectivity index (χ4n) is 4.92. The molecule has 0 saturated carbocycles. The molecule has 1 aliphatic heterocycles. The van der Waals surface area contributed by atoms with Gasteiger partial charge in [-0.2, -0.15) is 0 Å². The van der Waals surface area contributed by atoms with Crippen LogP contribution in [0.1, 0.15) is 38.3 Å². The Morgan fingerprint density at radius 3 is 2.59 bits per heavy atom. The molecule has 2 aromatic carbocycles. The monoisotopic (exact) mass is 590 g/mol. The Hall–Kier alpha value is -4.09. The first-order valence-electron chi connectivity index (χ1n) is 13.0. The van der Waals surface area contributed by atoms with Gasteiger partial charge in [-0.25, -0.2) is 9.79 Å². The van der Waals surface area contributed by atoms with Crippen LogP contribution in [0.15, 0.2) is 58.7 Å². The van der Waals surface area contributed by atoms with E-state index in [1.807, 2.05) is 32.0 Å². The number of hydrogen-bond donors (Lipinski definition) is 3. The van der Waals surface area contributed by atoms with Crippen LogP contribution in [0.3, 0.4) is 0 Å². The first kappa shape index (κ1) is 28.4. The summed E-state index contributed by atoms with van der Waals surface area (Å²) >= 11 is 2.48. The highest BCUT2D eigenvalue weighted by Gasteiger charge is 2.39. The third-order valence-electron chi connectivity index (χ3n) is 6.93. The zero-order valence-corrected chi connectivity index (χ0v) is 24.8. The van der Waals surface area contributed by atoms with Crippen molar-refractivity contribution in [3.8, 4) is 5.75 Å². The van der Waals surface area contributed by atoms with Crippen molar-refractivity contribution in [1.82, 2.24) is 0 Å². The first-order valence-corrected chi connectivity index (χ1v) is 14.7. The topological polar surface area (TPSA) is 132 Å². The zero-order valence-electron chi connectivity index (χ0n) is 23.1. The molecule has 0 radical (unpaired) electrons. The summed E-state index contributed by atoms with van der Waals surface area (Å²) in [5.74, 6) is -0.850. The van der Waals surface area contributed by atoms with Gasteiger partial charge in [0.15, 0.2) is 0 Å². The van der Waals surface area contributed by atoms with E-state index in [0.717, 1.165) is 52.6 Å². The average Bonchev–Trinajstić information content (AvgIpc) is 3.62. The van der Waals surface area contributed by atoms with Gasteiger partial charge in [0.2, 0.25) is 5.91 Å².